The number of pyridine rings is 1. The summed E-state index contributed by atoms with van der Waals surface area (Å²) in [6.45, 7) is 7.76. The number of hydrogen-bond donors (Lipinski definition) is 2. The van der Waals surface area contributed by atoms with Crippen molar-refractivity contribution in [2.45, 2.75) is 58.0 Å². The van der Waals surface area contributed by atoms with E-state index in [9.17, 15) is 18.4 Å². The third kappa shape index (κ3) is 7.85. The van der Waals surface area contributed by atoms with Gasteiger partial charge in [-0.25, -0.2) is 8.78 Å². The molecule has 1 heterocycles. The van der Waals surface area contributed by atoms with Crippen LogP contribution in [0.4, 0.5) is 8.78 Å². The van der Waals surface area contributed by atoms with E-state index in [2.05, 4.69) is 46.8 Å². The summed E-state index contributed by atoms with van der Waals surface area (Å²) < 4.78 is 28.5. The molecule has 0 bridgehead atoms. The molecule has 4 aromatic rings. The molecule has 6 nitrogen and oxygen atoms in total. The minimum Gasteiger partial charge on any atom is -0.346 e. The summed E-state index contributed by atoms with van der Waals surface area (Å²) in [5, 5.41) is 6.77. The largest absolute Gasteiger partial charge is 0.346 e. The van der Waals surface area contributed by atoms with Crippen LogP contribution in [0.3, 0.4) is 0 Å². The van der Waals surface area contributed by atoms with Gasteiger partial charge in [0.05, 0.1) is 5.54 Å². The topological polar surface area (TPSA) is 74.3 Å². The van der Waals surface area contributed by atoms with E-state index >= 15 is 0 Å². The van der Waals surface area contributed by atoms with Crippen molar-refractivity contribution < 1.29 is 18.4 Å². The van der Waals surface area contributed by atoms with Gasteiger partial charge in [0.25, 0.3) is 11.8 Å². The van der Waals surface area contributed by atoms with Crippen LogP contribution in [0, 0.1) is 24.5 Å². The molecule has 2 amide bonds. The number of likely N-dealkylation sites (N-methyl/N-ethyl adjacent to an activating group) is 1. The van der Waals surface area contributed by atoms with Crippen molar-refractivity contribution in [3.05, 3.63) is 136 Å². The lowest BCUT2D eigenvalue weighted by Crippen LogP contribution is -2.46. The number of halogens is 2. The maximum atomic E-state index is 14.3. The Morgan fingerprint density at radius 3 is 2.43 bits per heavy atom. The summed E-state index contributed by atoms with van der Waals surface area (Å²) in [4.78, 5) is 33.2. The molecular formula is C38H42F2N4O2. The van der Waals surface area contributed by atoms with Crippen molar-refractivity contribution in [3.63, 3.8) is 0 Å². The normalized spacial score (nSPS) is 17.7. The van der Waals surface area contributed by atoms with Gasteiger partial charge in [0.2, 0.25) is 0 Å². The van der Waals surface area contributed by atoms with Gasteiger partial charge in [0, 0.05) is 68.1 Å². The number of carbonyl (C=O) groups excluding carboxylic acids is 2. The molecule has 46 heavy (non-hydrogen) atoms. The van der Waals surface area contributed by atoms with Crippen molar-refractivity contribution in [1.82, 2.24) is 20.5 Å². The third-order valence-electron chi connectivity index (χ3n) is 9.06. The van der Waals surface area contributed by atoms with Gasteiger partial charge in [-0.2, -0.15) is 0 Å². The molecule has 1 aliphatic rings. The van der Waals surface area contributed by atoms with Gasteiger partial charge in [-0.05, 0) is 90.4 Å². The maximum absolute atomic E-state index is 14.3. The molecule has 240 valence electrons. The number of aryl methyl sites for hydroxylation is 2. The molecular weight excluding hydrogens is 582 g/mol. The molecule has 3 atom stereocenters. The summed E-state index contributed by atoms with van der Waals surface area (Å²) in [7, 11) is 1.74. The summed E-state index contributed by atoms with van der Waals surface area (Å²) in [5.41, 5.74) is 4.71. The van der Waals surface area contributed by atoms with Crippen LogP contribution in [0.2, 0.25) is 0 Å². The highest BCUT2D eigenvalue weighted by Gasteiger charge is 2.59. The molecule has 0 aliphatic heterocycles. The summed E-state index contributed by atoms with van der Waals surface area (Å²) in [5.74, 6) is -2.12. The number of nitrogens with one attached hydrogen (secondary N) is 2. The average molecular weight is 625 g/mol. The third-order valence-corrected chi connectivity index (χ3v) is 9.06. The van der Waals surface area contributed by atoms with Crippen molar-refractivity contribution in [3.8, 4) is 0 Å². The van der Waals surface area contributed by atoms with Crippen LogP contribution >= 0.6 is 0 Å². The first-order chi connectivity index (χ1) is 22.1. The number of rotatable bonds is 13. The molecule has 8 heteroatoms. The quantitative estimate of drug-likeness (QED) is 0.175. The average Bonchev–Trinajstić information content (AvgIpc) is 3.78. The van der Waals surface area contributed by atoms with Crippen LogP contribution in [0.1, 0.15) is 74.8 Å². The van der Waals surface area contributed by atoms with Gasteiger partial charge < -0.3 is 15.5 Å². The Morgan fingerprint density at radius 2 is 1.72 bits per heavy atom. The highest BCUT2D eigenvalue weighted by molar-refractivity contribution is 6.00. The molecule has 1 unspecified atom stereocenters. The number of aromatic nitrogens is 1. The Bertz CT molecular complexity index is 1680. The van der Waals surface area contributed by atoms with Gasteiger partial charge in [-0.15, -0.1) is 0 Å². The fraction of sp³-hybridized carbons (Fsp3) is 0.342. The maximum Gasteiger partial charge on any atom is 0.253 e. The highest BCUT2D eigenvalue weighted by Crippen LogP contribution is 2.56. The van der Waals surface area contributed by atoms with E-state index in [0.717, 1.165) is 23.7 Å². The lowest BCUT2D eigenvalue weighted by molar-refractivity contribution is 0.0796. The zero-order valence-corrected chi connectivity index (χ0v) is 26.9. The second kappa shape index (κ2) is 14.3. The minimum atomic E-state index is -0.719. The van der Waals surface area contributed by atoms with Crippen LogP contribution in [0.25, 0.3) is 0 Å². The smallest absolute Gasteiger partial charge is 0.253 e. The molecule has 0 radical (unpaired) electrons. The van der Waals surface area contributed by atoms with Gasteiger partial charge in [0.15, 0.2) is 0 Å². The number of amides is 2. The fourth-order valence-electron chi connectivity index (χ4n) is 6.32. The predicted octanol–water partition coefficient (Wildman–Crippen LogP) is 6.63. The van der Waals surface area contributed by atoms with E-state index in [0.29, 0.717) is 49.2 Å². The van der Waals surface area contributed by atoms with Gasteiger partial charge in [-0.3, -0.25) is 14.6 Å². The standard InChI is InChI=1S/C38H42F2N4O2/c1-5-27-9-8-10-28(17-27)24-41-23-26(3)38(22-35(38)29-19-32(39)21-33(40)20-29)43-36(45)30-15-25(2)16-31(18-30)37(46)44(4)14-12-34-11-6-7-13-42-34/h6-11,13,15-21,26,35,41H,5,12,14,22-24H2,1-4H3,(H,43,45)/t26-,35?,38-/m1/s1. The van der Waals surface area contributed by atoms with E-state index in [4.69, 9.17) is 0 Å². The molecule has 1 aliphatic carbocycles. The predicted molar refractivity (Wildman–Crippen MR) is 177 cm³/mol. The highest BCUT2D eigenvalue weighted by atomic mass is 19.1. The molecule has 1 fully saturated rings. The Hall–Kier alpha value is -4.43. The lowest BCUT2D eigenvalue weighted by atomic mass is 9.93. The van der Waals surface area contributed by atoms with Crippen molar-refractivity contribution in [1.29, 1.82) is 0 Å². The number of hydrogen-bond acceptors (Lipinski definition) is 4. The molecule has 3 aromatic carbocycles. The van der Waals surface area contributed by atoms with Crippen LogP contribution in [-0.2, 0) is 19.4 Å². The fourth-order valence-corrected chi connectivity index (χ4v) is 6.32. The van der Waals surface area contributed by atoms with Gasteiger partial charge in [-0.1, -0.05) is 44.2 Å². The SMILES string of the molecule is CCc1cccc(CNC[C@@H](C)[C@]2(NC(=O)c3cc(C)cc(C(=O)N(C)CCc4ccccn4)c3)CC2c2cc(F)cc(F)c2)c1. The zero-order valence-electron chi connectivity index (χ0n) is 26.9. The molecule has 0 saturated heterocycles. The van der Waals surface area contributed by atoms with E-state index in [-0.39, 0.29) is 23.7 Å². The first-order valence-electron chi connectivity index (χ1n) is 15.9. The van der Waals surface area contributed by atoms with Crippen molar-refractivity contribution in [2.24, 2.45) is 5.92 Å². The first-order valence-corrected chi connectivity index (χ1v) is 15.9. The Labute approximate surface area is 270 Å². The van der Waals surface area contributed by atoms with Crippen molar-refractivity contribution in [2.75, 3.05) is 20.1 Å². The molecule has 5 rings (SSSR count). The number of carbonyl (C=O) groups is 2. The summed E-state index contributed by atoms with van der Waals surface area (Å²) >= 11 is 0. The summed E-state index contributed by atoms with van der Waals surface area (Å²) in [6, 6.07) is 22.8. The second-order valence-corrected chi connectivity index (χ2v) is 12.5. The van der Waals surface area contributed by atoms with E-state index < -0.39 is 17.2 Å². The summed E-state index contributed by atoms with van der Waals surface area (Å²) in [6.07, 6.45) is 3.85. The number of benzene rings is 3. The van der Waals surface area contributed by atoms with Crippen molar-refractivity contribution >= 4 is 11.8 Å². The van der Waals surface area contributed by atoms with Gasteiger partial charge >= 0.3 is 0 Å². The molecule has 1 saturated carbocycles. The number of nitrogens with zero attached hydrogens (tertiary/aromatic N) is 2. The lowest BCUT2D eigenvalue weighted by Gasteiger charge is -2.28. The monoisotopic (exact) mass is 624 g/mol. The Kier molecular flexibility index (Phi) is 10.3. The zero-order chi connectivity index (χ0) is 32.8. The Balaban J connectivity index is 1.32. The molecule has 0 spiro atoms. The second-order valence-electron chi connectivity index (χ2n) is 12.5. The first kappa shape index (κ1) is 32.9. The van der Waals surface area contributed by atoms with Gasteiger partial charge in [0.1, 0.15) is 11.6 Å². The van der Waals surface area contributed by atoms with Crippen LogP contribution < -0.4 is 10.6 Å². The van der Waals surface area contributed by atoms with Crippen LogP contribution in [0.5, 0.6) is 0 Å². The van der Waals surface area contributed by atoms with Crippen LogP contribution in [-0.4, -0.2) is 47.4 Å². The van der Waals surface area contributed by atoms with Crippen LogP contribution in [0.15, 0.2) is 85.1 Å². The van der Waals surface area contributed by atoms with E-state index in [1.807, 2.05) is 32.0 Å². The van der Waals surface area contributed by atoms with E-state index in [1.54, 1.807) is 36.3 Å². The Morgan fingerprint density at radius 1 is 0.978 bits per heavy atom. The van der Waals surface area contributed by atoms with E-state index in [1.165, 1.54) is 23.3 Å². The molecule has 1 aromatic heterocycles. The molecule has 2 N–H and O–H groups in total. The minimum absolute atomic E-state index is 0.0641.